The zero-order valence-electron chi connectivity index (χ0n) is 15.6. The van der Waals surface area contributed by atoms with E-state index in [1.165, 1.54) is 7.05 Å². The van der Waals surface area contributed by atoms with E-state index in [9.17, 15) is 14.4 Å². The van der Waals surface area contributed by atoms with Gasteiger partial charge in [0.2, 0.25) is 5.91 Å². The van der Waals surface area contributed by atoms with Crippen molar-refractivity contribution in [2.24, 2.45) is 7.05 Å². The van der Waals surface area contributed by atoms with E-state index in [0.29, 0.717) is 17.2 Å². The zero-order valence-corrected chi connectivity index (χ0v) is 15.6. The van der Waals surface area contributed by atoms with Crippen LogP contribution in [0.2, 0.25) is 0 Å². The molecule has 0 saturated carbocycles. The standard InChI is InChI=1S/C20H20N4O4/c1-24-20(27)16-9-4-3-8-15(16)18(23-24)19(26)22-21-17(25)11-10-13-6-5-7-14(12-13)28-2/h3-9,12H,10-11H2,1-2H3,(H,21,25)(H,22,26). The average Bonchev–Trinajstić information content (AvgIpc) is 2.73. The summed E-state index contributed by atoms with van der Waals surface area (Å²) >= 11 is 0. The highest BCUT2D eigenvalue weighted by Crippen LogP contribution is 2.14. The van der Waals surface area contributed by atoms with E-state index in [1.807, 2.05) is 24.3 Å². The minimum Gasteiger partial charge on any atom is -0.497 e. The van der Waals surface area contributed by atoms with Crippen LogP contribution in [0.3, 0.4) is 0 Å². The lowest BCUT2D eigenvalue weighted by atomic mass is 10.1. The van der Waals surface area contributed by atoms with Gasteiger partial charge in [0.25, 0.3) is 11.5 Å². The molecular weight excluding hydrogens is 360 g/mol. The Bertz CT molecular complexity index is 1090. The molecule has 144 valence electrons. The van der Waals surface area contributed by atoms with Crippen LogP contribution < -0.4 is 21.1 Å². The number of carbonyl (C=O) groups excluding carboxylic acids is 2. The predicted octanol–water partition coefficient (Wildman–Crippen LogP) is 1.34. The first-order valence-corrected chi connectivity index (χ1v) is 8.67. The number of hydrogen-bond donors (Lipinski definition) is 2. The summed E-state index contributed by atoms with van der Waals surface area (Å²) in [6.45, 7) is 0. The number of fused-ring (bicyclic) bond motifs is 1. The summed E-state index contributed by atoms with van der Waals surface area (Å²) in [4.78, 5) is 36.6. The number of methoxy groups -OCH3 is 1. The number of nitrogens with zero attached hydrogens (tertiary/aromatic N) is 2. The van der Waals surface area contributed by atoms with Crippen LogP contribution in [0.1, 0.15) is 22.5 Å². The molecule has 3 aromatic rings. The highest BCUT2D eigenvalue weighted by atomic mass is 16.5. The van der Waals surface area contributed by atoms with Crippen molar-refractivity contribution in [1.82, 2.24) is 20.6 Å². The summed E-state index contributed by atoms with van der Waals surface area (Å²) in [5.41, 5.74) is 5.45. The van der Waals surface area contributed by atoms with Gasteiger partial charge >= 0.3 is 0 Å². The van der Waals surface area contributed by atoms with E-state index in [2.05, 4.69) is 16.0 Å². The third kappa shape index (κ3) is 4.17. The molecule has 0 aliphatic heterocycles. The van der Waals surface area contributed by atoms with Gasteiger partial charge in [-0.1, -0.05) is 30.3 Å². The molecule has 0 unspecified atom stereocenters. The number of nitrogens with one attached hydrogen (secondary N) is 2. The summed E-state index contributed by atoms with van der Waals surface area (Å²) in [5.74, 6) is -0.217. The lowest BCUT2D eigenvalue weighted by Crippen LogP contribution is -2.42. The highest BCUT2D eigenvalue weighted by Gasteiger charge is 2.16. The van der Waals surface area contributed by atoms with E-state index >= 15 is 0 Å². The predicted molar refractivity (Wildman–Crippen MR) is 104 cm³/mol. The number of rotatable bonds is 5. The normalized spacial score (nSPS) is 10.5. The van der Waals surface area contributed by atoms with E-state index < -0.39 is 5.91 Å². The third-order valence-corrected chi connectivity index (χ3v) is 4.26. The number of carbonyl (C=O) groups is 2. The summed E-state index contributed by atoms with van der Waals surface area (Å²) in [7, 11) is 3.05. The van der Waals surface area contributed by atoms with Gasteiger partial charge in [-0.05, 0) is 30.2 Å². The summed E-state index contributed by atoms with van der Waals surface area (Å²) < 4.78 is 6.25. The number of aromatic nitrogens is 2. The quantitative estimate of drug-likeness (QED) is 0.650. The SMILES string of the molecule is COc1cccc(CCC(=O)NNC(=O)c2nn(C)c(=O)c3ccccc23)c1. The fourth-order valence-electron chi connectivity index (χ4n) is 2.80. The largest absolute Gasteiger partial charge is 0.497 e. The fourth-order valence-corrected chi connectivity index (χ4v) is 2.80. The highest BCUT2D eigenvalue weighted by molar-refractivity contribution is 6.05. The second-order valence-corrected chi connectivity index (χ2v) is 6.18. The van der Waals surface area contributed by atoms with E-state index in [1.54, 1.807) is 31.4 Å². The zero-order chi connectivity index (χ0) is 20.1. The molecule has 0 bridgehead atoms. The first-order valence-electron chi connectivity index (χ1n) is 8.67. The van der Waals surface area contributed by atoms with Crippen molar-refractivity contribution in [1.29, 1.82) is 0 Å². The van der Waals surface area contributed by atoms with Gasteiger partial charge in [-0.3, -0.25) is 25.2 Å². The second kappa shape index (κ2) is 8.34. The smallest absolute Gasteiger partial charge is 0.290 e. The molecule has 2 amide bonds. The van der Waals surface area contributed by atoms with Crippen molar-refractivity contribution in [2.45, 2.75) is 12.8 Å². The van der Waals surface area contributed by atoms with Crippen molar-refractivity contribution in [3.05, 3.63) is 70.1 Å². The van der Waals surface area contributed by atoms with Gasteiger partial charge in [-0.15, -0.1) is 0 Å². The monoisotopic (exact) mass is 380 g/mol. The minimum atomic E-state index is -0.596. The minimum absolute atomic E-state index is 0.0609. The van der Waals surface area contributed by atoms with Crippen molar-refractivity contribution in [3.63, 3.8) is 0 Å². The van der Waals surface area contributed by atoms with Crippen LogP contribution in [0.5, 0.6) is 5.75 Å². The molecule has 0 atom stereocenters. The molecule has 1 heterocycles. The Morgan fingerprint density at radius 3 is 2.57 bits per heavy atom. The molecule has 2 aromatic carbocycles. The Balaban J connectivity index is 1.64. The number of ether oxygens (including phenoxy) is 1. The third-order valence-electron chi connectivity index (χ3n) is 4.26. The molecule has 3 rings (SSSR count). The maximum absolute atomic E-state index is 12.5. The van der Waals surface area contributed by atoms with Crippen molar-refractivity contribution >= 4 is 22.6 Å². The first-order chi connectivity index (χ1) is 13.5. The molecule has 2 N–H and O–H groups in total. The maximum atomic E-state index is 12.5. The summed E-state index contributed by atoms with van der Waals surface area (Å²) in [5, 5.41) is 4.83. The van der Waals surface area contributed by atoms with Crippen molar-refractivity contribution < 1.29 is 14.3 Å². The molecule has 8 heteroatoms. The van der Waals surface area contributed by atoms with Crippen LogP contribution >= 0.6 is 0 Å². The van der Waals surface area contributed by atoms with Crippen LogP contribution in [-0.2, 0) is 18.3 Å². The van der Waals surface area contributed by atoms with Gasteiger partial charge in [0.05, 0.1) is 12.5 Å². The van der Waals surface area contributed by atoms with Gasteiger partial charge in [0.1, 0.15) is 5.75 Å². The van der Waals surface area contributed by atoms with Crippen LogP contribution in [-0.4, -0.2) is 28.7 Å². The van der Waals surface area contributed by atoms with E-state index in [0.717, 1.165) is 16.0 Å². The number of benzene rings is 2. The lowest BCUT2D eigenvalue weighted by Gasteiger charge is -2.10. The van der Waals surface area contributed by atoms with Crippen molar-refractivity contribution in [2.75, 3.05) is 7.11 Å². The molecule has 0 fully saturated rings. The Morgan fingerprint density at radius 1 is 1.07 bits per heavy atom. The fraction of sp³-hybridized carbons (Fsp3) is 0.200. The number of hydrogen-bond acceptors (Lipinski definition) is 5. The molecule has 1 aromatic heterocycles. The average molecular weight is 380 g/mol. The Labute approximate surface area is 161 Å². The van der Waals surface area contributed by atoms with Crippen LogP contribution in [0, 0.1) is 0 Å². The molecular formula is C20H20N4O4. The van der Waals surface area contributed by atoms with Gasteiger partial charge in [-0.25, -0.2) is 4.68 Å². The number of hydrazine groups is 1. The molecule has 0 aliphatic rings. The van der Waals surface area contributed by atoms with Gasteiger partial charge < -0.3 is 4.74 Å². The Morgan fingerprint density at radius 2 is 1.82 bits per heavy atom. The summed E-state index contributed by atoms with van der Waals surface area (Å²) in [6, 6.07) is 14.1. The van der Waals surface area contributed by atoms with Gasteiger partial charge in [0.15, 0.2) is 5.69 Å². The number of aryl methyl sites for hydroxylation is 2. The molecule has 0 spiro atoms. The molecule has 28 heavy (non-hydrogen) atoms. The van der Waals surface area contributed by atoms with Crippen LogP contribution in [0.4, 0.5) is 0 Å². The maximum Gasteiger partial charge on any atom is 0.290 e. The van der Waals surface area contributed by atoms with Crippen molar-refractivity contribution in [3.8, 4) is 5.75 Å². The van der Waals surface area contributed by atoms with Gasteiger partial charge in [-0.2, -0.15) is 5.10 Å². The second-order valence-electron chi connectivity index (χ2n) is 6.18. The Kier molecular flexibility index (Phi) is 5.69. The first kappa shape index (κ1) is 19.1. The molecule has 0 saturated heterocycles. The Hall–Kier alpha value is -3.68. The van der Waals surface area contributed by atoms with E-state index in [4.69, 9.17) is 4.74 Å². The number of amides is 2. The van der Waals surface area contributed by atoms with Gasteiger partial charge in [0, 0.05) is 18.9 Å². The topological polar surface area (TPSA) is 102 Å². The lowest BCUT2D eigenvalue weighted by molar-refractivity contribution is -0.121. The van der Waals surface area contributed by atoms with E-state index in [-0.39, 0.29) is 23.6 Å². The molecule has 0 aliphatic carbocycles. The molecule has 0 radical (unpaired) electrons. The summed E-state index contributed by atoms with van der Waals surface area (Å²) in [6.07, 6.45) is 0.689. The van der Waals surface area contributed by atoms with Crippen LogP contribution in [0.25, 0.3) is 10.8 Å². The van der Waals surface area contributed by atoms with Crippen LogP contribution in [0.15, 0.2) is 53.3 Å². The molecule has 8 nitrogen and oxygen atoms in total.